The van der Waals surface area contributed by atoms with E-state index in [-0.39, 0.29) is 11.4 Å². The molecule has 154 valence electrons. The molecule has 1 aromatic heterocycles. The Balaban J connectivity index is 1.83. The van der Waals surface area contributed by atoms with Crippen LogP contribution in [0.3, 0.4) is 0 Å². The summed E-state index contributed by atoms with van der Waals surface area (Å²) in [5, 5.41) is 6.24. The summed E-state index contributed by atoms with van der Waals surface area (Å²) in [6, 6.07) is 12.8. The second-order valence-corrected chi connectivity index (χ2v) is 6.72. The van der Waals surface area contributed by atoms with Crippen LogP contribution in [0.15, 0.2) is 53.3 Å². The summed E-state index contributed by atoms with van der Waals surface area (Å²) in [7, 11) is 3.13. The van der Waals surface area contributed by atoms with E-state index in [0.29, 0.717) is 40.4 Å². The molecule has 0 amide bonds. The van der Waals surface area contributed by atoms with E-state index < -0.39 is 6.17 Å². The molecule has 0 saturated carbocycles. The predicted octanol–water partition coefficient (Wildman–Crippen LogP) is 1.23. The number of guanidine groups is 1. The minimum atomic E-state index is -0.606. The van der Waals surface area contributed by atoms with Crippen LogP contribution in [0, 0.1) is 12.7 Å². The van der Waals surface area contributed by atoms with Crippen LogP contribution in [-0.2, 0) is 0 Å². The number of halogens is 1. The minimum absolute atomic E-state index is 0.221. The maximum atomic E-state index is 13.2. The van der Waals surface area contributed by atoms with E-state index in [1.165, 1.54) is 22.8 Å². The zero-order valence-corrected chi connectivity index (χ0v) is 16.7. The summed E-state index contributed by atoms with van der Waals surface area (Å²) in [5.74, 6) is 1.71. The fourth-order valence-corrected chi connectivity index (χ4v) is 3.30. The van der Waals surface area contributed by atoms with Gasteiger partial charge in [-0.2, -0.15) is 0 Å². The topological polar surface area (TPSA) is 91.4 Å². The second-order valence-electron chi connectivity index (χ2n) is 6.72. The Morgan fingerprint density at radius 1 is 1.13 bits per heavy atom. The lowest BCUT2D eigenvalue weighted by atomic mass is 10.1. The van der Waals surface area contributed by atoms with E-state index in [9.17, 15) is 9.18 Å². The average molecular weight is 410 g/mol. The number of fused-ring (bicyclic) bond motifs is 1. The van der Waals surface area contributed by atoms with Crippen LogP contribution in [0.2, 0.25) is 0 Å². The van der Waals surface area contributed by atoms with Crippen LogP contribution in [0.5, 0.6) is 11.5 Å². The molecule has 0 fully saturated rings. The molecule has 0 saturated heterocycles. The summed E-state index contributed by atoms with van der Waals surface area (Å²) >= 11 is 0. The number of anilines is 2. The lowest BCUT2D eigenvalue weighted by Gasteiger charge is -2.24. The zero-order valence-electron chi connectivity index (χ0n) is 16.7. The lowest BCUT2D eigenvalue weighted by Crippen LogP contribution is -2.82. The van der Waals surface area contributed by atoms with Gasteiger partial charge in [-0.15, -0.1) is 0 Å². The molecule has 3 N–H and O–H groups in total. The summed E-state index contributed by atoms with van der Waals surface area (Å²) in [6.07, 6.45) is -0.606. The number of ether oxygens (including phenoxy) is 2. The Morgan fingerprint density at radius 3 is 2.60 bits per heavy atom. The van der Waals surface area contributed by atoms with Crippen molar-refractivity contribution in [3.63, 3.8) is 0 Å². The molecule has 1 aliphatic heterocycles. The number of nitrogens with zero attached hydrogens (tertiary/aromatic N) is 2. The molecule has 0 bridgehead atoms. The first-order chi connectivity index (χ1) is 14.5. The number of hydrogen-bond donors (Lipinski definition) is 3. The highest BCUT2D eigenvalue weighted by Gasteiger charge is 2.31. The summed E-state index contributed by atoms with van der Waals surface area (Å²) in [5.41, 5.74) is 1.74. The number of aromatic nitrogens is 2. The van der Waals surface area contributed by atoms with Crippen molar-refractivity contribution in [1.29, 1.82) is 0 Å². The van der Waals surface area contributed by atoms with Gasteiger partial charge in [-0.05, 0) is 43.3 Å². The van der Waals surface area contributed by atoms with Crippen molar-refractivity contribution in [2.45, 2.75) is 13.1 Å². The lowest BCUT2D eigenvalue weighted by molar-refractivity contribution is -0.520. The fourth-order valence-electron chi connectivity index (χ4n) is 3.30. The van der Waals surface area contributed by atoms with Crippen LogP contribution < -0.4 is 30.7 Å². The van der Waals surface area contributed by atoms with Gasteiger partial charge in [0.25, 0.3) is 11.5 Å². The number of hydrogen-bond acceptors (Lipinski definition) is 6. The SMILES string of the molecule is COc1ccc([C@@H]2[NH+]=C(Nc3ccc(F)cc3)Nc3nc(C)cc(=O)n32)c(OC)c1. The maximum Gasteiger partial charge on any atom is 0.357 e. The Labute approximate surface area is 172 Å². The van der Waals surface area contributed by atoms with Crippen LogP contribution >= 0.6 is 0 Å². The number of aryl methyl sites for hydroxylation is 1. The molecule has 9 heteroatoms. The summed E-state index contributed by atoms with van der Waals surface area (Å²) in [6.45, 7) is 1.75. The van der Waals surface area contributed by atoms with Gasteiger partial charge in [-0.1, -0.05) is 0 Å². The van der Waals surface area contributed by atoms with Gasteiger partial charge in [0, 0.05) is 17.8 Å². The van der Waals surface area contributed by atoms with Gasteiger partial charge < -0.3 is 9.47 Å². The molecule has 1 aliphatic rings. The Hall–Kier alpha value is -3.88. The quantitative estimate of drug-likeness (QED) is 0.599. The van der Waals surface area contributed by atoms with Gasteiger partial charge in [0.2, 0.25) is 0 Å². The Kier molecular flexibility index (Phi) is 5.09. The minimum Gasteiger partial charge on any atom is -0.497 e. The standard InChI is InChI=1S/C21H20FN5O3/c1-12-10-18(28)27-19(16-9-8-15(29-2)11-17(16)30-3)25-20(26-21(27)23-12)24-14-6-4-13(22)5-7-14/h4-11,19H,1-3H3,(H2,23,24,25,26)/p+1/t19-/m1/s1. The first-order valence-electron chi connectivity index (χ1n) is 9.23. The van der Waals surface area contributed by atoms with E-state index >= 15 is 0 Å². The molecule has 2 heterocycles. The Bertz CT molecular complexity index is 1170. The van der Waals surface area contributed by atoms with Crippen molar-refractivity contribution in [2.24, 2.45) is 0 Å². The first kappa shape index (κ1) is 19.4. The number of rotatable bonds is 4. The van der Waals surface area contributed by atoms with Crippen molar-refractivity contribution >= 4 is 17.6 Å². The highest BCUT2D eigenvalue weighted by Crippen LogP contribution is 2.29. The molecular weight excluding hydrogens is 389 g/mol. The van der Waals surface area contributed by atoms with E-state index in [4.69, 9.17) is 9.47 Å². The van der Waals surface area contributed by atoms with E-state index in [2.05, 4.69) is 20.6 Å². The van der Waals surface area contributed by atoms with E-state index in [1.807, 2.05) is 6.07 Å². The third-order valence-electron chi connectivity index (χ3n) is 4.71. The van der Waals surface area contributed by atoms with Crippen LogP contribution in [0.4, 0.5) is 16.0 Å². The van der Waals surface area contributed by atoms with Gasteiger partial charge in [-0.3, -0.25) is 9.79 Å². The van der Waals surface area contributed by atoms with Crippen molar-refractivity contribution in [2.75, 3.05) is 24.9 Å². The van der Waals surface area contributed by atoms with Gasteiger partial charge >= 0.3 is 5.96 Å². The third-order valence-corrected chi connectivity index (χ3v) is 4.71. The molecule has 0 aliphatic carbocycles. The Morgan fingerprint density at radius 2 is 1.90 bits per heavy atom. The maximum absolute atomic E-state index is 13.2. The average Bonchev–Trinajstić information content (AvgIpc) is 2.74. The molecule has 30 heavy (non-hydrogen) atoms. The number of methoxy groups -OCH3 is 2. The smallest absolute Gasteiger partial charge is 0.357 e. The molecule has 8 nitrogen and oxygen atoms in total. The molecule has 3 aromatic rings. The third kappa shape index (κ3) is 3.69. The van der Waals surface area contributed by atoms with Crippen LogP contribution in [0.25, 0.3) is 0 Å². The van der Waals surface area contributed by atoms with Crippen molar-refractivity contribution in [1.82, 2.24) is 9.55 Å². The highest BCUT2D eigenvalue weighted by molar-refractivity contribution is 5.99. The summed E-state index contributed by atoms with van der Waals surface area (Å²) < 4.78 is 25.6. The van der Waals surface area contributed by atoms with Gasteiger partial charge in [0.05, 0.1) is 25.5 Å². The molecular formula is C21H21FN5O3+. The largest absolute Gasteiger partial charge is 0.497 e. The van der Waals surface area contributed by atoms with Gasteiger partial charge in [0.15, 0.2) is 6.17 Å². The van der Waals surface area contributed by atoms with Crippen molar-refractivity contribution in [3.05, 3.63) is 76.0 Å². The first-order valence-corrected chi connectivity index (χ1v) is 9.23. The van der Waals surface area contributed by atoms with E-state index in [1.54, 1.807) is 45.4 Å². The van der Waals surface area contributed by atoms with Gasteiger partial charge in [-0.25, -0.2) is 24.6 Å². The summed E-state index contributed by atoms with van der Waals surface area (Å²) in [4.78, 5) is 20.5. The molecule has 4 rings (SSSR count). The van der Waals surface area contributed by atoms with Crippen molar-refractivity contribution < 1.29 is 18.9 Å². The predicted molar refractivity (Wildman–Crippen MR) is 111 cm³/mol. The fraction of sp³-hybridized carbons (Fsp3) is 0.190. The zero-order chi connectivity index (χ0) is 21.3. The monoisotopic (exact) mass is 410 g/mol. The van der Waals surface area contributed by atoms with Crippen molar-refractivity contribution in [3.8, 4) is 11.5 Å². The molecule has 1 atom stereocenters. The molecule has 0 spiro atoms. The molecule has 2 aromatic carbocycles. The molecule has 0 radical (unpaired) electrons. The molecule has 0 unspecified atom stereocenters. The number of benzene rings is 2. The number of nitrogens with one attached hydrogen (secondary N) is 3. The van der Waals surface area contributed by atoms with Crippen LogP contribution in [0.1, 0.15) is 17.4 Å². The normalized spacial score (nSPS) is 14.9. The van der Waals surface area contributed by atoms with E-state index in [0.717, 1.165) is 0 Å². The highest BCUT2D eigenvalue weighted by atomic mass is 19.1. The second kappa shape index (κ2) is 7.86. The van der Waals surface area contributed by atoms with Gasteiger partial charge in [0.1, 0.15) is 17.3 Å². The van der Waals surface area contributed by atoms with Crippen LogP contribution in [-0.4, -0.2) is 29.7 Å².